The summed E-state index contributed by atoms with van der Waals surface area (Å²) in [4.78, 5) is 11.5. The number of carboxylic acids is 1. The Morgan fingerprint density at radius 1 is 1.18 bits per heavy atom. The van der Waals surface area contributed by atoms with E-state index in [9.17, 15) is 22.7 Å². The molecule has 28 heavy (non-hydrogen) atoms. The van der Waals surface area contributed by atoms with Gasteiger partial charge in [-0.3, -0.25) is 4.79 Å². The van der Waals surface area contributed by atoms with Crippen LogP contribution in [-0.2, 0) is 14.6 Å². The van der Waals surface area contributed by atoms with Gasteiger partial charge < -0.3 is 9.84 Å². The van der Waals surface area contributed by atoms with Gasteiger partial charge in [0.15, 0.2) is 21.4 Å². The topological polar surface area (TPSA) is 80.7 Å². The van der Waals surface area contributed by atoms with Crippen LogP contribution in [0.25, 0.3) is 17.2 Å². The molecule has 2 aromatic carbocycles. The third kappa shape index (κ3) is 3.71. The minimum Gasteiger partial charge on any atom is -0.494 e. The lowest BCUT2D eigenvalue weighted by atomic mass is 10.00. The summed E-state index contributed by atoms with van der Waals surface area (Å²) in [6.45, 7) is 1.79. The molecule has 0 amide bonds. The van der Waals surface area contributed by atoms with Gasteiger partial charge in [-0.2, -0.15) is 0 Å². The predicted octanol–water partition coefficient (Wildman–Crippen LogP) is 4.04. The van der Waals surface area contributed by atoms with Crippen molar-refractivity contribution in [2.45, 2.75) is 18.2 Å². The second kappa shape index (κ2) is 7.24. The van der Waals surface area contributed by atoms with E-state index in [4.69, 9.17) is 4.74 Å². The maximum absolute atomic E-state index is 14.3. The molecule has 7 heteroatoms. The van der Waals surface area contributed by atoms with Crippen LogP contribution in [0.2, 0.25) is 0 Å². The number of sulfone groups is 1. The van der Waals surface area contributed by atoms with Crippen LogP contribution in [0.5, 0.6) is 5.75 Å². The molecule has 5 nitrogen and oxygen atoms in total. The Hall–Kier alpha value is -2.93. The van der Waals surface area contributed by atoms with Crippen LogP contribution in [-0.4, -0.2) is 32.9 Å². The fraction of sp³-hybridized carbons (Fsp3) is 0.190. The van der Waals surface area contributed by atoms with E-state index in [1.54, 1.807) is 25.1 Å². The predicted molar refractivity (Wildman–Crippen MR) is 105 cm³/mol. The van der Waals surface area contributed by atoms with Crippen LogP contribution in [0, 0.1) is 5.82 Å². The Kier molecular flexibility index (Phi) is 5.12. The zero-order valence-corrected chi connectivity index (χ0v) is 16.4. The molecule has 0 aromatic heterocycles. The van der Waals surface area contributed by atoms with Crippen LogP contribution < -0.4 is 4.74 Å². The number of fused-ring (bicyclic) bond motifs is 1. The maximum atomic E-state index is 14.3. The number of rotatable bonds is 5. The van der Waals surface area contributed by atoms with E-state index in [1.807, 2.05) is 0 Å². The zero-order valence-electron chi connectivity index (χ0n) is 15.6. The summed E-state index contributed by atoms with van der Waals surface area (Å²) in [6, 6.07) is 9.17. The molecule has 146 valence electrons. The van der Waals surface area contributed by atoms with Crippen molar-refractivity contribution in [1.82, 2.24) is 0 Å². The van der Waals surface area contributed by atoms with E-state index in [2.05, 4.69) is 0 Å². The first-order valence-corrected chi connectivity index (χ1v) is 10.3. The van der Waals surface area contributed by atoms with E-state index >= 15 is 0 Å². The summed E-state index contributed by atoms with van der Waals surface area (Å²) in [5, 5.41) is 9.27. The van der Waals surface area contributed by atoms with E-state index in [0.717, 1.165) is 17.4 Å². The molecule has 0 heterocycles. The molecule has 0 saturated carbocycles. The van der Waals surface area contributed by atoms with E-state index in [1.165, 1.54) is 31.4 Å². The highest BCUT2D eigenvalue weighted by molar-refractivity contribution is 7.90. The number of hydrogen-bond acceptors (Lipinski definition) is 4. The van der Waals surface area contributed by atoms with Gasteiger partial charge in [0.25, 0.3) is 0 Å². The van der Waals surface area contributed by atoms with Gasteiger partial charge in [0.2, 0.25) is 0 Å². The van der Waals surface area contributed by atoms with Gasteiger partial charge in [-0.05, 0) is 70.7 Å². The van der Waals surface area contributed by atoms with Crippen LogP contribution in [0.4, 0.5) is 4.39 Å². The van der Waals surface area contributed by atoms with E-state index in [0.29, 0.717) is 22.3 Å². The molecule has 1 N–H and O–H groups in total. The number of carboxylic acid groups (broad SMARTS) is 1. The highest BCUT2D eigenvalue weighted by Gasteiger charge is 2.27. The molecule has 1 aliphatic rings. The number of halogens is 1. The molecule has 0 radical (unpaired) electrons. The van der Waals surface area contributed by atoms with Crippen LogP contribution in [0.15, 0.2) is 46.9 Å². The lowest BCUT2D eigenvalue weighted by molar-refractivity contribution is -0.135. The van der Waals surface area contributed by atoms with E-state index < -0.39 is 21.6 Å². The zero-order chi connectivity index (χ0) is 20.6. The molecule has 0 aliphatic heterocycles. The molecular formula is C21H19FO5S. The summed E-state index contributed by atoms with van der Waals surface area (Å²) >= 11 is 0. The lowest BCUT2D eigenvalue weighted by Crippen LogP contribution is -1.98. The minimum atomic E-state index is -3.30. The Morgan fingerprint density at radius 2 is 1.82 bits per heavy atom. The van der Waals surface area contributed by atoms with Gasteiger partial charge in [-0.25, -0.2) is 12.8 Å². The second-order valence-electron chi connectivity index (χ2n) is 6.61. The molecule has 0 spiro atoms. The number of hydrogen-bond donors (Lipinski definition) is 1. The molecule has 1 aliphatic carbocycles. The summed E-state index contributed by atoms with van der Waals surface area (Å²) in [7, 11) is -1.95. The van der Waals surface area contributed by atoms with Gasteiger partial charge in [0.05, 0.1) is 18.4 Å². The lowest BCUT2D eigenvalue weighted by Gasteiger charge is -2.09. The summed E-state index contributed by atoms with van der Waals surface area (Å²) in [5.74, 6) is -1.47. The van der Waals surface area contributed by atoms with E-state index in [-0.39, 0.29) is 17.1 Å². The molecule has 3 rings (SSSR count). The summed E-state index contributed by atoms with van der Waals surface area (Å²) in [5.41, 5.74) is 3.95. The number of aliphatic carboxylic acids is 1. The fourth-order valence-corrected chi connectivity index (χ4v) is 3.92. The normalized spacial score (nSPS) is 15.1. The van der Waals surface area contributed by atoms with Crippen LogP contribution in [0.3, 0.4) is 0 Å². The standard InChI is InChI=1S/C21H19FO5S/c1-12-15(8-13-4-6-14(7-5-13)28(3,25)26)17-9-19(22)20(27-2)10-18(17)16(12)11-21(23)24/h4-10H,11H2,1-3H3,(H,23,24)/b15-8+. The Morgan fingerprint density at radius 3 is 2.36 bits per heavy atom. The Labute approximate surface area is 162 Å². The molecule has 0 unspecified atom stereocenters. The monoisotopic (exact) mass is 402 g/mol. The number of methoxy groups -OCH3 is 1. The van der Waals surface area contributed by atoms with Gasteiger partial charge in [0.1, 0.15) is 0 Å². The molecule has 0 fully saturated rings. The number of ether oxygens (including phenoxy) is 1. The van der Waals surface area contributed by atoms with Gasteiger partial charge in [-0.1, -0.05) is 12.1 Å². The first kappa shape index (κ1) is 19.8. The van der Waals surface area contributed by atoms with Gasteiger partial charge >= 0.3 is 5.97 Å². The van der Waals surface area contributed by atoms with Crippen LogP contribution >= 0.6 is 0 Å². The quantitative estimate of drug-likeness (QED) is 0.816. The first-order valence-electron chi connectivity index (χ1n) is 8.44. The first-order chi connectivity index (χ1) is 13.1. The average Bonchev–Trinajstić information content (AvgIpc) is 2.85. The number of benzene rings is 2. The summed E-state index contributed by atoms with van der Waals surface area (Å²) < 4.78 is 42.6. The van der Waals surface area contributed by atoms with Crippen molar-refractivity contribution in [3.63, 3.8) is 0 Å². The third-order valence-electron chi connectivity index (χ3n) is 4.71. The number of carbonyl (C=O) groups is 1. The van der Waals surface area contributed by atoms with Crippen LogP contribution in [0.1, 0.15) is 30.0 Å². The van der Waals surface area contributed by atoms with Crippen molar-refractivity contribution in [2.24, 2.45) is 0 Å². The fourth-order valence-electron chi connectivity index (χ4n) is 3.29. The number of allylic oxidation sites excluding steroid dienone is 2. The Bertz CT molecular complexity index is 1130. The summed E-state index contributed by atoms with van der Waals surface area (Å²) in [6.07, 6.45) is 2.73. The third-order valence-corrected chi connectivity index (χ3v) is 5.84. The van der Waals surface area contributed by atoms with Crippen molar-refractivity contribution in [3.8, 4) is 5.75 Å². The molecular weight excluding hydrogens is 383 g/mol. The molecule has 0 saturated heterocycles. The van der Waals surface area contributed by atoms with Gasteiger partial charge in [0, 0.05) is 6.26 Å². The molecule has 2 aromatic rings. The maximum Gasteiger partial charge on any atom is 0.307 e. The SMILES string of the molecule is COc1cc2c(cc1F)/C(=C/c1ccc(S(C)(=O)=O)cc1)C(C)=C2CC(=O)O. The smallest absolute Gasteiger partial charge is 0.307 e. The van der Waals surface area contributed by atoms with Gasteiger partial charge in [-0.15, -0.1) is 0 Å². The highest BCUT2D eigenvalue weighted by atomic mass is 32.2. The molecule has 0 atom stereocenters. The molecule has 0 bridgehead atoms. The highest BCUT2D eigenvalue weighted by Crippen LogP contribution is 2.45. The van der Waals surface area contributed by atoms with Crippen molar-refractivity contribution in [1.29, 1.82) is 0 Å². The van der Waals surface area contributed by atoms with Crippen molar-refractivity contribution >= 4 is 33.0 Å². The minimum absolute atomic E-state index is 0.0493. The Balaban J connectivity index is 2.15. The average molecular weight is 402 g/mol. The second-order valence-corrected chi connectivity index (χ2v) is 8.62. The van der Waals surface area contributed by atoms with Crippen molar-refractivity contribution < 1.29 is 27.4 Å². The van der Waals surface area contributed by atoms with Crippen molar-refractivity contribution in [3.05, 3.63) is 64.5 Å². The largest absolute Gasteiger partial charge is 0.494 e. The van der Waals surface area contributed by atoms with Crippen molar-refractivity contribution in [2.75, 3.05) is 13.4 Å².